The van der Waals surface area contributed by atoms with Crippen molar-refractivity contribution in [1.29, 1.82) is 5.41 Å². The second kappa shape index (κ2) is 3.41. The molecule has 6 nitrogen and oxygen atoms in total. The first-order valence-corrected chi connectivity index (χ1v) is 5.79. The van der Waals surface area contributed by atoms with Gasteiger partial charge in [0, 0.05) is 12.5 Å². The lowest BCUT2D eigenvalue weighted by molar-refractivity contribution is 0.595. The first kappa shape index (κ1) is 10.7. The molecule has 0 saturated carbocycles. The van der Waals surface area contributed by atoms with Crippen molar-refractivity contribution in [3.8, 4) is 0 Å². The van der Waals surface area contributed by atoms with E-state index >= 15 is 0 Å². The molecule has 3 N–H and O–H groups in total. The van der Waals surface area contributed by atoms with Crippen molar-refractivity contribution in [2.75, 3.05) is 6.26 Å². The maximum absolute atomic E-state index is 11.1. The Balaban J connectivity index is 3.06. The molecular formula is C7H12N4O2S. The highest BCUT2D eigenvalue weighted by Crippen LogP contribution is 2.10. The molecule has 78 valence electrons. The number of nitrogens with two attached hydrogens (primary N) is 1. The van der Waals surface area contributed by atoms with Crippen molar-refractivity contribution in [1.82, 2.24) is 9.78 Å². The summed E-state index contributed by atoms with van der Waals surface area (Å²) >= 11 is 0. The van der Waals surface area contributed by atoms with E-state index in [1.807, 2.05) is 0 Å². The second-order valence-corrected chi connectivity index (χ2v) is 5.08. The Labute approximate surface area is 82.1 Å². The van der Waals surface area contributed by atoms with Gasteiger partial charge >= 0.3 is 0 Å². The summed E-state index contributed by atoms with van der Waals surface area (Å²) in [5, 5.41) is 11.0. The maximum atomic E-state index is 11.1. The van der Waals surface area contributed by atoms with Crippen LogP contribution in [0.5, 0.6) is 0 Å². The fraction of sp³-hybridized carbons (Fsp3) is 0.429. The Morgan fingerprint density at radius 3 is 2.64 bits per heavy atom. The summed E-state index contributed by atoms with van der Waals surface area (Å²) in [6.07, 6.45) is 3.71. The van der Waals surface area contributed by atoms with Crippen molar-refractivity contribution in [3.63, 3.8) is 0 Å². The van der Waals surface area contributed by atoms with Gasteiger partial charge in [-0.15, -0.1) is 0 Å². The molecule has 0 radical (unpaired) electrons. The van der Waals surface area contributed by atoms with Crippen LogP contribution in [0.2, 0.25) is 0 Å². The van der Waals surface area contributed by atoms with Crippen LogP contribution in [0.4, 0.5) is 0 Å². The highest BCUT2D eigenvalue weighted by molar-refractivity contribution is 7.90. The third-order valence-electron chi connectivity index (χ3n) is 1.85. The lowest BCUT2D eigenvalue weighted by atomic mass is 10.3. The van der Waals surface area contributed by atoms with Crippen LogP contribution in [0.3, 0.4) is 0 Å². The minimum atomic E-state index is -3.24. The van der Waals surface area contributed by atoms with Crippen molar-refractivity contribution in [3.05, 3.63) is 12.4 Å². The topological polar surface area (TPSA) is 102 Å². The molecule has 0 aliphatic heterocycles. The van der Waals surface area contributed by atoms with Crippen LogP contribution in [-0.4, -0.2) is 30.3 Å². The predicted octanol–water partition coefficient (Wildman–Crippen LogP) is -0.216. The first-order valence-electron chi connectivity index (χ1n) is 3.90. The molecule has 1 atom stereocenters. The van der Waals surface area contributed by atoms with E-state index in [-0.39, 0.29) is 10.7 Å². The summed E-state index contributed by atoms with van der Waals surface area (Å²) in [6.45, 7) is 1.67. The summed E-state index contributed by atoms with van der Waals surface area (Å²) in [4.78, 5) is 0.130. The minimum Gasteiger partial charge on any atom is -0.386 e. The lowest BCUT2D eigenvalue weighted by Gasteiger charge is -2.08. The smallest absolute Gasteiger partial charge is 0.178 e. The van der Waals surface area contributed by atoms with Crippen molar-refractivity contribution >= 4 is 15.7 Å². The summed E-state index contributed by atoms with van der Waals surface area (Å²) in [7, 11) is -3.24. The van der Waals surface area contributed by atoms with Gasteiger partial charge in [0.1, 0.15) is 16.8 Å². The molecule has 0 aliphatic carbocycles. The van der Waals surface area contributed by atoms with Gasteiger partial charge in [0.05, 0.1) is 6.20 Å². The summed E-state index contributed by atoms with van der Waals surface area (Å²) in [6, 6.07) is -0.425. The van der Waals surface area contributed by atoms with Crippen LogP contribution in [0.15, 0.2) is 17.3 Å². The zero-order valence-electron chi connectivity index (χ0n) is 7.93. The molecule has 7 heteroatoms. The van der Waals surface area contributed by atoms with Crippen LogP contribution < -0.4 is 5.73 Å². The first-order chi connectivity index (χ1) is 6.32. The molecule has 0 fully saturated rings. The van der Waals surface area contributed by atoms with Gasteiger partial charge in [-0.2, -0.15) is 5.10 Å². The van der Waals surface area contributed by atoms with E-state index in [1.165, 1.54) is 17.1 Å². The van der Waals surface area contributed by atoms with Gasteiger partial charge in [0.25, 0.3) is 0 Å². The van der Waals surface area contributed by atoms with E-state index in [0.717, 1.165) is 6.26 Å². The zero-order valence-corrected chi connectivity index (χ0v) is 8.75. The van der Waals surface area contributed by atoms with Crippen molar-refractivity contribution < 1.29 is 8.42 Å². The molecule has 1 aromatic rings. The third-order valence-corrected chi connectivity index (χ3v) is 2.92. The average Bonchev–Trinajstić information content (AvgIpc) is 2.49. The molecule has 0 bridgehead atoms. The SMILES string of the molecule is CC(C(=N)N)n1cc(S(C)(=O)=O)cn1. The fourth-order valence-corrected chi connectivity index (χ4v) is 1.40. The maximum Gasteiger partial charge on any atom is 0.178 e. The van der Waals surface area contributed by atoms with Gasteiger partial charge in [0.15, 0.2) is 9.84 Å². The van der Waals surface area contributed by atoms with Gasteiger partial charge in [0.2, 0.25) is 0 Å². The predicted molar refractivity (Wildman–Crippen MR) is 52.0 cm³/mol. The largest absolute Gasteiger partial charge is 0.386 e. The highest BCUT2D eigenvalue weighted by atomic mass is 32.2. The average molecular weight is 216 g/mol. The molecule has 1 aromatic heterocycles. The molecule has 0 amide bonds. The van der Waals surface area contributed by atoms with Gasteiger partial charge < -0.3 is 5.73 Å². The number of amidine groups is 1. The molecule has 1 rings (SSSR count). The highest BCUT2D eigenvalue weighted by Gasteiger charge is 2.14. The Morgan fingerprint density at radius 1 is 1.71 bits per heavy atom. The van der Waals surface area contributed by atoms with E-state index in [2.05, 4.69) is 5.10 Å². The van der Waals surface area contributed by atoms with Gasteiger partial charge in [-0.1, -0.05) is 0 Å². The molecule has 1 unspecified atom stereocenters. The molecule has 14 heavy (non-hydrogen) atoms. The Hall–Kier alpha value is -1.37. The van der Waals surface area contributed by atoms with Crippen LogP contribution in [0.25, 0.3) is 0 Å². The van der Waals surface area contributed by atoms with Crippen LogP contribution in [-0.2, 0) is 9.84 Å². The molecule has 0 saturated heterocycles. The van der Waals surface area contributed by atoms with Crippen LogP contribution in [0, 0.1) is 5.41 Å². The van der Waals surface area contributed by atoms with Crippen molar-refractivity contribution in [2.24, 2.45) is 5.73 Å². The lowest BCUT2D eigenvalue weighted by Crippen LogP contribution is -2.23. The summed E-state index contributed by atoms with van der Waals surface area (Å²) in [5.74, 6) is -0.0619. The summed E-state index contributed by atoms with van der Waals surface area (Å²) < 4.78 is 23.5. The monoisotopic (exact) mass is 216 g/mol. The fourth-order valence-electron chi connectivity index (χ4n) is 0.866. The Bertz CT molecular complexity index is 448. The Kier molecular flexibility index (Phi) is 2.61. The van der Waals surface area contributed by atoms with E-state index in [9.17, 15) is 8.42 Å². The Morgan fingerprint density at radius 2 is 2.29 bits per heavy atom. The van der Waals surface area contributed by atoms with Gasteiger partial charge in [-0.25, -0.2) is 8.42 Å². The normalized spacial score (nSPS) is 13.9. The van der Waals surface area contributed by atoms with Crippen LogP contribution >= 0.6 is 0 Å². The third kappa shape index (κ3) is 2.11. The molecule has 0 aliphatic rings. The summed E-state index contributed by atoms with van der Waals surface area (Å²) in [5.41, 5.74) is 5.26. The number of rotatable bonds is 3. The molecule has 0 aromatic carbocycles. The van der Waals surface area contributed by atoms with Gasteiger partial charge in [-0.05, 0) is 6.92 Å². The van der Waals surface area contributed by atoms with E-state index in [0.29, 0.717) is 0 Å². The number of hydrogen-bond donors (Lipinski definition) is 2. The van der Waals surface area contributed by atoms with E-state index in [4.69, 9.17) is 11.1 Å². The minimum absolute atomic E-state index is 0.0619. The van der Waals surface area contributed by atoms with E-state index < -0.39 is 15.9 Å². The van der Waals surface area contributed by atoms with Crippen LogP contribution in [0.1, 0.15) is 13.0 Å². The molecule has 1 heterocycles. The number of nitrogens with one attached hydrogen (secondary N) is 1. The van der Waals surface area contributed by atoms with Gasteiger partial charge in [-0.3, -0.25) is 10.1 Å². The molecule has 0 spiro atoms. The number of hydrogen-bond acceptors (Lipinski definition) is 4. The molecular weight excluding hydrogens is 204 g/mol. The van der Waals surface area contributed by atoms with Crippen molar-refractivity contribution in [2.45, 2.75) is 17.9 Å². The van der Waals surface area contributed by atoms with E-state index in [1.54, 1.807) is 6.92 Å². The second-order valence-electron chi connectivity index (χ2n) is 3.06. The zero-order chi connectivity index (χ0) is 10.9. The number of aromatic nitrogens is 2. The quantitative estimate of drug-likeness (QED) is 0.538. The number of sulfone groups is 1. The number of nitrogens with zero attached hydrogens (tertiary/aromatic N) is 2. The standard InChI is InChI=1S/C7H12N4O2S/c1-5(7(8)9)11-4-6(3-10-11)14(2,12)13/h3-5H,1-2H3,(H3,8,9).